The highest BCUT2D eigenvalue weighted by atomic mass is 19.1. The molecule has 1 aliphatic heterocycles. The number of benzene rings is 1. The van der Waals surface area contributed by atoms with Crippen LogP contribution in [0.3, 0.4) is 0 Å². The summed E-state index contributed by atoms with van der Waals surface area (Å²) in [5.74, 6) is 0.320. The first-order valence-electron chi connectivity index (χ1n) is 5.58. The molecule has 1 aromatic rings. The van der Waals surface area contributed by atoms with E-state index in [0.29, 0.717) is 5.69 Å². The number of anilines is 1. The number of halogens is 1. The number of nitrogens with one attached hydrogen (secondary N) is 2. The Kier molecular flexibility index (Phi) is 2.17. The summed E-state index contributed by atoms with van der Waals surface area (Å²) in [6.45, 7) is 0.870. The van der Waals surface area contributed by atoms with Crippen molar-refractivity contribution in [2.45, 2.75) is 18.9 Å². The van der Waals surface area contributed by atoms with Crippen LogP contribution in [-0.2, 0) is 4.79 Å². The monoisotopic (exact) mass is 220 g/mol. The molecule has 3 rings (SSSR count). The van der Waals surface area contributed by atoms with Gasteiger partial charge in [-0.1, -0.05) is 6.07 Å². The minimum atomic E-state index is -0.318. The molecule has 1 amide bonds. The molecule has 1 atom stereocenters. The van der Waals surface area contributed by atoms with E-state index in [-0.39, 0.29) is 17.8 Å². The van der Waals surface area contributed by atoms with Crippen LogP contribution in [0, 0.1) is 11.7 Å². The van der Waals surface area contributed by atoms with E-state index in [4.69, 9.17) is 0 Å². The smallest absolute Gasteiger partial charge is 0.246 e. The summed E-state index contributed by atoms with van der Waals surface area (Å²) in [4.78, 5) is 11.7. The Hall–Kier alpha value is -1.42. The summed E-state index contributed by atoms with van der Waals surface area (Å²) >= 11 is 0. The summed E-state index contributed by atoms with van der Waals surface area (Å²) < 4.78 is 13.0. The Balaban J connectivity index is 1.81. The zero-order valence-electron chi connectivity index (χ0n) is 8.79. The molecule has 2 aliphatic rings. The van der Waals surface area contributed by atoms with Crippen molar-refractivity contribution in [3.05, 3.63) is 29.6 Å². The molecular weight excluding hydrogens is 207 g/mol. The van der Waals surface area contributed by atoms with E-state index in [9.17, 15) is 9.18 Å². The van der Waals surface area contributed by atoms with Crippen LogP contribution in [0.1, 0.15) is 24.4 Å². The summed E-state index contributed by atoms with van der Waals surface area (Å²) in [6.07, 6.45) is 2.50. The highest BCUT2D eigenvalue weighted by Crippen LogP contribution is 2.33. The van der Waals surface area contributed by atoms with Gasteiger partial charge >= 0.3 is 0 Å². The maximum absolute atomic E-state index is 13.0. The molecule has 3 nitrogen and oxygen atoms in total. The molecule has 0 bridgehead atoms. The van der Waals surface area contributed by atoms with Gasteiger partial charge in [0.25, 0.3) is 0 Å². The van der Waals surface area contributed by atoms with Crippen molar-refractivity contribution < 1.29 is 9.18 Å². The minimum absolute atomic E-state index is 0.0822. The summed E-state index contributed by atoms with van der Waals surface area (Å²) in [5, 5.41) is 5.93. The fraction of sp³-hybridized carbons (Fsp3) is 0.417. The van der Waals surface area contributed by atoms with Gasteiger partial charge in [-0.25, -0.2) is 4.39 Å². The molecule has 0 spiro atoms. The largest absolute Gasteiger partial charge is 0.324 e. The number of hydrogen-bond donors (Lipinski definition) is 2. The first kappa shape index (κ1) is 9.78. The fourth-order valence-corrected chi connectivity index (χ4v) is 2.04. The van der Waals surface area contributed by atoms with Crippen LogP contribution in [0.5, 0.6) is 0 Å². The Labute approximate surface area is 93.0 Å². The van der Waals surface area contributed by atoms with Crippen molar-refractivity contribution in [2.24, 2.45) is 5.92 Å². The second-order valence-electron chi connectivity index (χ2n) is 4.51. The van der Waals surface area contributed by atoms with E-state index in [2.05, 4.69) is 10.6 Å². The maximum Gasteiger partial charge on any atom is 0.246 e. The molecule has 1 unspecified atom stereocenters. The summed E-state index contributed by atoms with van der Waals surface area (Å²) in [5.41, 5.74) is 1.45. The van der Waals surface area contributed by atoms with Gasteiger partial charge in [0.2, 0.25) is 5.91 Å². The quantitative estimate of drug-likeness (QED) is 0.815. The van der Waals surface area contributed by atoms with Gasteiger partial charge in [-0.15, -0.1) is 0 Å². The SMILES string of the molecule is O=C1Nc2cc(F)ccc2C1NCC1CC1. The average molecular weight is 220 g/mol. The van der Waals surface area contributed by atoms with Crippen LogP contribution < -0.4 is 10.6 Å². The number of rotatable bonds is 3. The molecule has 0 saturated heterocycles. The third-order valence-electron chi connectivity index (χ3n) is 3.15. The van der Waals surface area contributed by atoms with Gasteiger partial charge in [-0.3, -0.25) is 4.79 Å². The van der Waals surface area contributed by atoms with Crippen molar-refractivity contribution >= 4 is 11.6 Å². The molecule has 2 N–H and O–H groups in total. The Morgan fingerprint density at radius 2 is 2.25 bits per heavy atom. The molecule has 1 aromatic carbocycles. The van der Waals surface area contributed by atoms with Gasteiger partial charge in [0.05, 0.1) is 0 Å². The van der Waals surface area contributed by atoms with Gasteiger partial charge in [0.1, 0.15) is 11.9 Å². The van der Waals surface area contributed by atoms with Crippen molar-refractivity contribution in [3.8, 4) is 0 Å². The Morgan fingerprint density at radius 3 is 3.00 bits per heavy atom. The number of carbonyl (C=O) groups excluding carboxylic acids is 1. The Morgan fingerprint density at radius 1 is 1.44 bits per heavy atom. The predicted octanol–water partition coefficient (Wildman–Crippen LogP) is 1.82. The number of fused-ring (bicyclic) bond motifs is 1. The van der Waals surface area contributed by atoms with Gasteiger partial charge in [-0.05, 0) is 37.4 Å². The molecule has 1 fully saturated rings. The second-order valence-corrected chi connectivity index (χ2v) is 4.51. The molecule has 0 radical (unpaired) electrons. The lowest BCUT2D eigenvalue weighted by Crippen LogP contribution is -2.29. The Bertz CT molecular complexity index is 443. The van der Waals surface area contributed by atoms with Gasteiger partial charge in [0.15, 0.2) is 0 Å². The summed E-state index contributed by atoms with van der Waals surface area (Å²) in [6, 6.07) is 4.13. The van der Waals surface area contributed by atoms with Crippen LogP contribution in [0.25, 0.3) is 0 Å². The van der Waals surface area contributed by atoms with Crippen LogP contribution >= 0.6 is 0 Å². The van der Waals surface area contributed by atoms with Gasteiger partial charge < -0.3 is 10.6 Å². The predicted molar refractivity (Wildman–Crippen MR) is 58.5 cm³/mol. The third-order valence-corrected chi connectivity index (χ3v) is 3.15. The highest BCUT2D eigenvalue weighted by Gasteiger charge is 2.32. The first-order valence-corrected chi connectivity index (χ1v) is 5.58. The van der Waals surface area contributed by atoms with E-state index in [1.54, 1.807) is 6.07 Å². The van der Waals surface area contributed by atoms with Crippen LogP contribution in [0.4, 0.5) is 10.1 Å². The lowest BCUT2D eigenvalue weighted by Gasteiger charge is -2.10. The van der Waals surface area contributed by atoms with E-state index in [1.807, 2.05) is 0 Å². The van der Waals surface area contributed by atoms with Gasteiger partial charge in [0, 0.05) is 11.3 Å². The van der Waals surface area contributed by atoms with Crippen molar-refractivity contribution in [3.63, 3.8) is 0 Å². The summed E-state index contributed by atoms with van der Waals surface area (Å²) in [7, 11) is 0. The van der Waals surface area contributed by atoms with E-state index in [0.717, 1.165) is 18.0 Å². The maximum atomic E-state index is 13.0. The number of hydrogen-bond acceptors (Lipinski definition) is 2. The molecule has 16 heavy (non-hydrogen) atoms. The van der Waals surface area contributed by atoms with E-state index in [1.165, 1.54) is 25.0 Å². The average Bonchev–Trinajstić information content (AvgIpc) is 3.00. The van der Waals surface area contributed by atoms with Crippen molar-refractivity contribution in [1.29, 1.82) is 0 Å². The highest BCUT2D eigenvalue weighted by molar-refractivity contribution is 6.02. The van der Waals surface area contributed by atoms with Crippen molar-refractivity contribution in [1.82, 2.24) is 5.32 Å². The normalized spacial score (nSPS) is 23.1. The molecule has 4 heteroatoms. The third kappa shape index (κ3) is 1.69. The minimum Gasteiger partial charge on any atom is -0.324 e. The van der Waals surface area contributed by atoms with Crippen LogP contribution in [-0.4, -0.2) is 12.5 Å². The van der Waals surface area contributed by atoms with Crippen molar-refractivity contribution in [2.75, 3.05) is 11.9 Å². The lowest BCUT2D eigenvalue weighted by molar-refractivity contribution is -0.117. The standard InChI is InChI=1S/C12H13FN2O/c13-8-3-4-9-10(5-8)15-12(16)11(9)14-6-7-1-2-7/h3-5,7,11,14H,1-2,6H2,(H,15,16). The molecule has 0 aromatic heterocycles. The molecule has 1 saturated carbocycles. The lowest BCUT2D eigenvalue weighted by atomic mass is 10.1. The first-order chi connectivity index (χ1) is 7.74. The zero-order valence-corrected chi connectivity index (χ0v) is 8.79. The number of carbonyl (C=O) groups is 1. The van der Waals surface area contributed by atoms with Crippen LogP contribution in [0.2, 0.25) is 0 Å². The molecule has 1 heterocycles. The van der Waals surface area contributed by atoms with Crippen LogP contribution in [0.15, 0.2) is 18.2 Å². The molecule has 84 valence electrons. The molecular formula is C12H13FN2O. The fourth-order valence-electron chi connectivity index (χ4n) is 2.04. The zero-order chi connectivity index (χ0) is 11.1. The topological polar surface area (TPSA) is 41.1 Å². The molecule has 1 aliphatic carbocycles. The van der Waals surface area contributed by atoms with E-state index >= 15 is 0 Å². The second kappa shape index (κ2) is 3.56. The van der Waals surface area contributed by atoms with Gasteiger partial charge in [-0.2, -0.15) is 0 Å². The van der Waals surface area contributed by atoms with E-state index < -0.39 is 0 Å². The number of amides is 1.